The minimum atomic E-state index is -1.10. The first-order valence-corrected chi connectivity index (χ1v) is 7.80. The number of rotatable bonds is 4. The monoisotopic (exact) mass is 274 g/mol. The second kappa shape index (κ2) is 5.37. The Morgan fingerprint density at radius 1 is 1.30 bits per heavy atom. The van der Waals surface area contributed by atoms with Crippen LogP contribution in [0.5, 0.6) is 0 Å². The van der Waals surface area contributed by atoms with Crippen molar-refractivity contribution in [2.75, 3.05) is 0 Å². The molecule has 0 aromatic heterocycles. The van der Waals surface area contributed by atoms with E-state index in [0.29, 0.717) is 5.57 Å². The highest BCUT2D eigenvalue weighted by Gasteiger charge is 2.70. The molecule has 3 atom stereocenters. The highest BCUT2D eigenvalue weighted by atomic mass is 16.3. The average Bonchev–Trinajstić information content (AvgIpc) is 2.96. The summed E-state index contributed by atoms with van der Waals surface area (Å²) < 4.78 is 0. The van der Waals surface area contributed by atoms with E-state index in [1.165, 1.54) is 19.3 Å². The third-order valence-electron chi connectivity index (χ3n) is 4.85. The Labute approximate surface area is 122 Å². The molecule has 20 heavy (non-hydrogen) atoms. The van der Waals surface area contributed by atoms with Gasteiger partial charge in [0.05, 0.1) is 0 Å². The first-order valence-electron chi connectivity index (χ1n) is 7.80. The van der Waals surface area contributed by atoms with Gasteiger partial charge in [0, 0.05) is 18.3 Å². The molecule has 1 saturated carbocycles. The van der Waals surface area contributed by atoms with Gasteiger partial charge in [-0.25, -0.2) is 0 Å². The number of hydrogen-bond donors (Lipinski definition) is 1. The zero-order chi connectivity index (χ0) is 15.0. The minimum Gasteiger partial charge on any atom is -0.374 e. The van der Waals surface area contributed by atoms with Crippen molar-refractivity contribution in [3.05, 3.63) is 11.6 Å². The fourth-order valence-corrected chi connectivity index (χ4v) is 3.64. The fourth-order valence-electron chi connectivity index (χ4n) is 3.64. The topological polar surface area (TPSA) is 37.3 Å². The van der Waals surface area contributed by atoms with E-state index < -0.39 is 5.60 Å². The standard InChI is InChI=1S/C18H26O2/c1-5-6-7-8-9-10-11-18(20)12-13(2)15(19)14-16(18)17(14,3)4/h12,14,16,20H,5-9H2,1-4H3. The Bertz CT molecular complexity index is 489. The van der Waals surface area contributed by atoms with Gasteiger partial charge < -0.3 is 5.11 Å². The summed E-state index contributed by atoms with van der Waals surface area (Å²) >= 11 is 0. The summed E-state index contributed by atoms with van der Waals surface area (Å²) in [5.74, 6) is 6.29. The van der Waals surface area contributed by atoms with E-state index in [1.54, 1.807) is 13.0 Å². The van der Waals surface area contributed by atoms with Gasteiger partial charge in [0.15, 0.2) is 5.78 Å². The summed E-state index contributed by atoms with van der Waals surface area (Å²) in [5.41, 5.74) is -0.562. The highest BCUT2D eigenvalue weighted by molar-refractivity contribution is 6.01. The molecule has 1 N–H and O–H groups in total. The van der Waals surface area contributed by atoms with Crippen molar-refractivity contribution in [1.82, 2.24) is 0 Å². The van der Waals surface area contributed by atoms with Crippen molar-refractivity contribution in [2.24, 2.45) is 17.3 Å². The van der Waals surface area contributed by atoms with Crippen LogP contribution in [0.15, 0.2) is 11.6 Å². The van der Waals surface area contributed by atoms with Gasteiger partial charge in [0.25, 0.3) is 0 Å². The molecule has 0 amide bonds. The molecule has 0 aliphatic heterocycles. The molecule has 0 bridgehead atoms. The zero-order valence-electron chi connectivity index (χ0n) is 13.1. The minimum absolute atomic E-state index is 0.0330. The Kier molecular flexibility index (Phi) is 4.12. The molecule has 2 aliphatic rings. The van der Waals surface area contributed by atoms with Crippen LogP contribution in [-0.2, 0) is 4.79 Å². The predicted octanol–water partition coefficient (Wildman–Crippen LogP) is 3.49. The average molecular weight is 274 g/mol. The maximum atomic E-state index is 12.1. The maximum absolute atomic E-state index is 12.1. The Hall–Kier alpha value is -1.07. The van der Waals surface area contributed by atoms with Crippen LogP contribution in [0.2, 0.25) is 0 Å². The molecule has 2 heteroatoms. The van der Waals surface area contributed by atoms with E-state index in [-0.39, 0.29) is 23.0 Å². The van der Waals surface area contributed by atoms with Crippen LogP contribution < -0.4 is 0 Å². The quantitative estimate of drug-likeness (QED) is 0.629. The van der Waals surface area contributed by atoms with Gasteiger partial charge in [-0.2, -0.15) is 0 Å². The number of carbonyl (C=O) groups is 1. The molecular weight excluding hydrogens is 248 g/mol. The number of hydrogen-bond acceptors (Lipinski definition) is 2. The molecule has 110 valence electrons. The molecule has 3 unspecified atom stereocenters. The lowest BCUT2D eigenvalue weighted by atomic mass is 9.86. The van der Waals surface area contributed by atoms with E-state index >= 15 is 0 Å². The number of Topliss-reactive ketones (excluding diaryl/α,β-unsaturated/α-hetero) is 1. The molecule has 0 heterocycles. The van der Waals surface area contributed by atoms with Crippen LogP contribution in [0.3, 0.4) is 0 Å². The summed E-state index contributed by atoms with van der Waals surface area (Å²) in [6.45, 7) is 8.10. The molecule has 0 saturated heterocycles. The second-order valence-corrected chi connectivity index (χ2v) is 6.91. The van der Waals surface area contributed by atoms with Crippen molar-refractivity contribution in [2.45, 2.75) is 65.4 Å². The summed E-state index contributed by atoms with van der Waals surface area (Å²) in [4.78, 5) is 12.1. The molecule has 2 nitrogen and oxygen atoms in total. The number of ketones is 1. The summed E-state index contributed by atoms with van der Waals surface area (Å²) in [6.07, 6.45) is 7.28. The Morgan fingerprint density at radius 2 is 2.00 bits per heavy atom. The molecular formula is C18H26O2. The number of allylic oxidation sites excluding steroid dienone is 1. The van der Waals surface area contributed by atoms with Crippen molar-refractivity contribution in [3.8, 4) is 11.8 Å². The van der Waals surface area contributed by atoms with Gasteiger partial charge in [0.2, 0.25) is 0 Å². The van der Waals surface area contributed by atoms with Crippen molar-refractivity contribution < 1.29 is 9.90 Å². The van der Waals surface area contributed by atoms with Gasteiger partial charge in [0.1, 0.15) is 5.60 Å². The first-order chi connectivity index (χ1) is 9.34. The van der Waals surface area contributed by atoms with E-state index in [1.807, 2.05) is 0 Å². The summed E-state index contributed by atoms with van der Waals surface area (Å²) in [6, 6.07) is 0. The van der Waals surface area contributed by atoms with E-state index in [0.717, 1.165) is 12.8 Å². The number of carbonyl (C=O) groups excluding carboxylic acids is 1. The molecule has 2 aliphatic carbocycles. The van der Waals surface area contributed by atoms with Crippen molar-refractivity contribution >= 4 is 5.78 Å². The van der Waals surface area contributed by atoms with Crippen molar-refractivity contribution in [1.29, 1.82) is 0 Å². The SMILES string of the molecule is CCCCCCC#CC1(O)C=C(C)C(=O)C2C1C2(C)C. The largest absolute Gasteiger partial charge is 0.374 e. The van der Waals surface area contributed by atoms with Gasteiger partial charge in [-0.15, -0.1) is 0 Å². The lowest BCUT2D eigenvalue weighted by Gasteiger charge is -2.23. The van der Waals surface area contributed by atoms with Gasteiger partial charge in [-0.3, -0.25) is 4.79 Å². The third kappa shape index (κ3) is 2.56. The van der Waals surface area contributed by atoms with E-state index in [4.69, 9.17) is 0 Å². The smallest absolute Gasteiger partial charge is 0.162 e. The van der Waals surface area contributed by atoms with Crippen LogP contribution in [0, 0.1) is 29.1 Å². The van der Waals surface area contributed by atoms with Crippen LogP contribution in [0.4, 0.5) is 0 Å². The summed E-state index contributed by atoms with van der Waals surface area (Å²) in [5, 5.41) is 10.8. The molecule has 0 aromatic carbocycles. The van der Waals surface area contributed by atoms with Crippen molar-refractivity contribution in [3.63, 3.8) is 0 Å². The van der Waals surface area contributed by atoms with Gasteiger partial charge >= 0.3 is 0 Å². The normalized spacial score (nSPS) is 33.9. The van der Waals surface area contributed by atoms with E-state index in [9.17, 15) is 9.90 Å². The molecule has 1 fully saturated rings. The molecule has 0 radical (unpaired) electrons. The molecule has 0 spiro atoms. The summed E-state index contributed by atoms with van der Waals surface area (Å²) in [7, 11) is 0. The van der Waals surface area contributed by atoms with E-state index in [2.05, 4.69) is 32.6 Å². The molecule has 0 aromatic rings. The Balaban J connectivity index is 2.06. The molecule has 2 rings (SSSR count). The van der Waals surface area contributed by atoms with Crippen LogP contribution in [0.1, 0.15) is 59.8 Å². The lowest BCUT2D eigenvalue weighted by molar-refractivity contribution is -0.118. The van der Waals surface area contributed by atoms with Gasteiger partial charge in [-0.05, 0) is 30.4 Å². The van der Waals surface area contributed by atoms with Crippen LogP contribution in [-0.4, -0.2) is 16.5 Å². The Morgan fingerprint density at radius 3 is 2.65 bits per heavy atom. The zero-order valence-corrected chi connectivity index (χ0v) is 13.1. The number of aliphatic hydroxyl groups is 1. The number of fused-ring (bicyclic) bond motifs is 1. The second-order valence-electron chi connectivity index (χ2n) is 6.91. The fraction of sp³-hybridized carbons (Fsp3) is 0.722. The third-order valence-corrected chi connectivity index (χ3v) is 4.85. The maximum Gasteiger partial charge on any atom is 0.162 e. The predicted molar refractivity (Wildman–Crippen MR) is 81.0 cm³/mol. The lowest BCUT2D eigenvalue weighted by Crippen LogP contribution is -2.33. The highest BCUT2D eigenvalue weighted by Crippen LogP contribution is 2.66. The number of unbranched alkanes of at least 4 members (excludes halogenated alkanes) is 4. The van der Waals surface area contributed by atoms with Crippen LogP contribution >= 0.6 is 0 Å². The van der Waals surface area contributed by atoms with Gasteiger partial charge in [-0.1, -0.05) is 51.9 Å². The van der Waals surface area contributed by atoms with Crippen LogP contribution in [0.25, 0.3) is 0 Å². The first kappa shape index (κ1) is 15.3.